The average Bonchev–Trinajstić information content (AvgIpc) is 3.11. The monoisotopic (exact) mass is 377 g/mol. The van der Waals surface area contributed by atoms with Crippen LogP contribution in [-0.4, -0.2) is 16.5 Å². The van der Waals surface area contributed by atoms with Gasteiger partial charge in [-0.3, -0.25) is 0 Å². The summed E-state index contributed by atoms with van der Waals surface area (Å²) < 4.78 is 0. The zero-order chi connectivity index (χ0) is 17.7. The van der Waals surface area contributed by atoms with Crippen molar-refractivity contribution in [3.8, 4) is 11.3 Å². The SMILES string of the molecule is CCCCCCCCCCc1ccc(-c2cnc(CCCN)[nH]2)cc1.Cl. The van der Waals surface area contributed by atoms with Crippen LogP contribution < -0.4 is 5.73 Å². The highest BCUT2D eigenvalue weighted by molar-refractivity contribution is 5.85. The summed E-state index contributed by atoms with van der Waals surface area (Å²) in [5.41, 5.74) is 9.31. The van der Waals surface area contributed by atoms with Crippen molar-refractivity contribution < 1.29 is 0 Å². The van der Waals surface area contributed by atoms with E-state index in [1.54, 1.807) is 0 Å². The molecule has 0 spiro atoms. The van der Waals surface area contributed by atoms with Gasteiger partial charge in [-0.25, -0.2) is 4.98 Å². The Bertz CT molecular complexity index is 577. The van der Waals surface area contributed by atoms with E-state index in [-0.39, 0.29) is 12.4 Å². The van der Waals surface area contributed by atoms with Crippen LogP contribution in [0.25, 0.3) is 11.3 Å². The number of nitrogens with zero attached hydrogens (tertiary/aromatic N) is 1. The predicted molar refractivity (Wildman–Crippen MR) is 115 cm³/mol. The van der Waals surface area contributed by atoms with Gasteiger partial charge in [-0.1, -0.05) is 76.1 Å². The Labute approximate surface area is 165 Å². The zero-order valence-electron chi connectivity index (χ0n) is 16.3. The minimum absolute atomic E-state index is 0. The van der Waals surface area contributed by atoms with Gasteiger partial charge in [0.15, 0.2) is 0 Å². The molecule has 1 aromatic carbocycles. The van der Waals surface area contributed by atoms with E-state index in [2.05, 4.69) is 41.2 Å². The number of unbranched alkanes of at least 4 members (excludes halogenated alkanes) is 7. The molecule has 0 aliphatic carbocycles. The molecule has 0 amide bonds. The van der Waals surface area contributed by atoms with Crippen LogP contribution in [0.2, 0.25) is 0 Å². The summed E-state index contributed by atoms with van der Waals surface area (Å²) in [7, 11) is 0. The Morgan fingerprint density at radius 2 is 1.50 bits per heavy atom. The molecule has 0 radical (unpaired) electrons. The summed E-state index contributed by atoms with van der Waals surface area (Å²) in [6, 6.07) is 8.94. The number of imidazole rings is 1. The van der Waals surface area contributed by atoms with Gasteiger partial charge in [0.05, 0.1) is 11.9 Å². The molecule has 0 unspecified atom stereocenters. The smallest absolute Gasteiger partial charge is 0.106 e. The lowest BCUT2D eigenvalue weighted by Gasteiger charge is -2.04. The second-order valence-electron chi connectivity index (χ2n) is 7.06. The Hall–Kier alpha value is -1.32. The minimum Gasteiger partial charge on any atom is -0.342 e. The lowest BCUT2D eigenvalue weighted by Crippen LogP contribution is -2.01. The van der Waals surface area contributed by atoms with Gasteiger partial charge in [0, 0.05) is 6.42 Å². The fourth-order valence-corrected chi connectivity index (χ4v) is 3.22. The predicted octanol–water partition coefficient (Wildman–Crippen LogP) is 6.07. The van der Waals surface area contributed by atoms with E-state index in [1.807, 2.05) is 6.20 Å². The Kier molecular flexibility index (Phi) is 12.1. The first kappa shape index (κ1) is 22.7. The summed E-state index contributed by atoms with van der Waals surface area (Å²) in [5, 5.41) is 0. The van der Waals surface area contributed by atoms with Crippen molar-refractivity contribution >= 4 is 12.4 Å². The topological polar surface area (TPSA) is 54.7 Å². The number of aromatic nitrogens is 2. The van der Waals surface area contributed by atoms with Gasteiger partial charge >= 0.3 is 0 Å². The fraction of sp³-hybridized carbons (Fsp3) is 0.591. The number of nitrogens with two attached hydrogens (primary N) is 1. The van der Waals surface area contributed by atoms with Gasteiger partial charge in [-0.05, 0) is 36.9 Å². The van der Waals surface area contributed by atoms with E-state index >= 15 is 0 Å². The molecule has 2 rings (SSSR count). The van der Waals surface area contributed by atoms with Crippen LogP contribution in [0.5, 0.6) is 0 Å². The molecule has 0 atom stereocenters. The molecule has 2 aromatic rings. The number of aromatic amines is 1. The number of rotatable bonds is 13. The summed E-state index contributed by atoms with van der Waals surface area (Å²) in [6.07, 6.45) is 16.1. The van der Waals surface area contributed by atoms with Crippen molar-refractivity contribution in [2.24, 2.45) is 5.73 Å². The lowest BCUT2D eigenvalue weighted by molar-refractivity contribution is 0.575. The van der Waals surface area contributed by atoms with Crippen molar-refractivity contribution in [3.63, 3.8) is 0 Å². The molecule has 1 aromatic heterocycles. The molecule has 0 saturated carbocycles. The highest BCUT2D eigenvalue weighted by Crippen LogP contribution is 2.19. The maximum Gasteiger partial charge on any atom is 0.106 e. The maximum absolute atomic E-state index is 5.56. The molecular formula is C22H36ClN3. The summed E-state index contributed by atoms with van der Waals surface area (Å²) in [4.78, 5) is 7.84. The number of hydrogen-bond donors (Lipinski definition) is 2. The number of aryl methyl sites for hydroxylation is 2. The molecule has 146 valence electrons. The first-order valence-corrected chi connectivity index (χ1v) is 10.2. The Morgan fingerprint density at radius 3 is 2.15 bits per heavy atom. The first-order valence-electron chi connectivity index (χ1n) is 10.2. The molecule has 26 heavy (non-hydrogen) atoms. The van der Waals surface area contributed by atoms with Crippen molar-refractivity contribution in [2.45, 2.75) is 77.6 Å². The maximum atomic E-state index is 5.56. The number of H-pyrrole nitrogens is 1. The summed E-state index contributed by atoms with van der Waals surface area (Å²) in [6.45, 7) is 2.99. The average molecular weight is 378 g/mol. The van der Waals surface area contributed by atoms with Crippen molar-refractivity contribution in [3.05, 3.63) is 41.9 Å². The number of nitrogens with one attached hydrogen (secondary N) is 1. The number of hydrogen-bond acceptors (Lipinski definition) is 2. The standard InChI is InChI=1S/C22H35N3.ClH/c1-2-3-4-5-6-7-8-9-11-19-13-15-20(16-14-19)21-18-24-22(25-21)12-10-17-23;/h13-16,18H,2-12,17,23H2,1H3,(H,24,25);1H. The second kappa shape index (κ2) is 13.8. The summed E-state index contributed by atoms with van der Waals surface area (Å²) >= 11 is 0. The van der Waals surface area contributed by atoms with E-state index in [4.69, 9.17) is 5.73 Å². The normalized spacial score (nSPS) is 10.7. The van der Waals surface area contributed by atoms with Gasteiger partial charge in [0.25, 0.3) is 0 Å². The molecule has 4 heteroatoms. The second-order valence-corrected chi connectivity index (χ2v) is 7.06. The molecular weight excluding hydrogens is 342 g/mol. The van der Waals surface area contributed by atoms with Gasteiger partial charge in [0.2, 0.25) is 0 Å². The molecule has 0 aliphatic rings. The van der Waals surface area contributed by atoms with Crippen LogP contribution in [0, 0.1) is 0 Å². The largest absolute Gasteiger partial charge is 0.342 e. The third-order valence-electron chi connectivity index (χ3n) is 4.83. The molecule has 1 heterocycles. The Balaban J connectivity index is 0.00000338. The highest BCUT2D eigenvalue weighted by Gasteiger charge is 2.03. The minimum atomic E-state index is 0. The van der Waals surface area contributed by atoms with Crippen LogP contribution in [0.3, 0.4) is 0 Å². The van der Waals surface area contributed by atoms with Crippen LogP contribution in [0.4, 0.5) is 0 Å². The van der Waals surface area contributed by atoms with E-state index < -0.39 is 0 Å². The summed E-state index contributed by atoms with van der Waals surface area (Å²) in [5.74, 6) is 1.03. The van der Waals surface area contributed by atoms with Gasteiger partial charge in [-0.2, -0.15) is 0 Å². The fourth-order valence-electron chi connectivity index (χ4n) is 3.22. The van der Waals surface area contributed by atoms with Crippen LogP contribution >= 0.6 is 12.4 Å². The van der Waals surface area contributed by atoms with Gasteiger partial charge in [-0.15, -0.1) is 12.4 Å². The van der Waals surface area contributed by atoms with E-state index in [0.29, 0.717) is 6.54 Å². The van der Waals surface area contributed by atoms with Crippen molar-refractivity contribution in [1.29, 1.82) is 0 Å². The Morgan fingerprint density at radius 1 is 0.846 bits per heavy atom. The third-order valence-corrected chi connectivity index (χ3v) is 4.83. The first-order chi connectivity index (χ1) is 12.3. The van der Waals surface area contributed by atoms with E-state index in [1.165, 1.54) is 68.9 Å². The van der Waals surface area contributed by atoms with E-state index in [0.717, 1.165) is 24.4 Å². The quantitative estimate of drug-likeness (QED) is 0.416. The molecule has 3 nitrogen and oxygen atoms in total. The highest BCUT2D eigenvalue weighted by atomic mass is 35.5. The molecule has 0 aliphatic heterocycles. The molecule has 0 bridgehead atoms. The number of halogens is 1. The van der Waals surface area contributed by atoms with Gasteiger partial charge < -0.3 is 10.7 Å². The third kappa shape index (κ3) is 8.37. The van der Waals surface area contributed by atoms with Crippen LogP contribution in [-0.2, 0) is 12.8 Å². The molecule has 0 saturated heterocycles. The zero-order valence-corrected chi connectivity index (χ0v) is 17.1. The van der Waals surface area contributed by atoms with Crippen LogP contribution in [0.1, 0.15) is 76.1 Å². The molecule has 3 N–H and O–H groups in total. The molecule has 0 fully saturated rings. The lowest BCUT2D eigenvalue weighted by atomic mass is 10.0. The van der Waals surface area contributed by atoms with Crippen molar-refractivity contribution in [1.82, 2.24) is 9.97 Å². The van der Waals surface area contributed by atoms with Crippen LogP contribution in [0.15, 0.2) is 30.5 Å². The van der Waals surface area contributed by atoms with Crippen molar-refractivity contribution in [2.75, 3.05) is 6.54 Å². The van der Waals surface area contributed by atoms with E-state index in [9.17, 15) is 0 Å². The van der Waals surface area contributed by atoms with Gasteiger partial charge in [0.1, 0.15) is 5.82 Å². The number of benzene rings is 1.